The maximum absolute atomic E-state index is 11.2. The van der Waals surface area contributed by atoms with E-state index in [1.54, 1.807) is 18.2 Å². The second kappa shape index (κ2) is 9.54. The number of halogens is 1. The van der Waals surface area contributed by atoms with Crippen molar-refractivity contribution in [1.29, 1.82) is 5.26 Å². The zero-order chi connectivity index (χ0) is 20.8. The van der Waals surface area contributed by atoms with E-state index < -0.39 is 4.92 Å². The van der Waals surface area contributed by atoms with Gasteiger partial charge in [0.15, 0.2) is 11.0 Å². The summed E-state index contributed by atoms with van der Waals surface area (Å²) in [5, 5.41) is 30.3. The highest BCUT2D eigenvalue weighted by atomic mass is 35.5. The molecule has 2 aromatic carbocycles. The lowest BCUT2D eigenvalue weighted by Crippen LogP contribution is -2.03. The standard InChI is InChI=1S/C20H18ClN5O2S/c1-2-3-4-11-25-19(14-5-8-16(21)9-6-14)23-24-20(25)29-17-10-7-15(13-22)18(12-17)26(27)28/h5-10,12H,2-4,11H2,1H3. The van der Waals surface area contributed by atoms with Crippen molar-refractivity contribution in [3.8, 4) is 17.5 Å². The van der Waals surface area contributed by atoms with Crippen LogP contribution in [0.4, 0.5) is 5.69 Å². The highest BCUT2D eigenvalue weighted by Crippen LogP contribution is 2.33. The molecule has 0 saturated carbocycles. The zero-order valence-corrected chi connectivity index (χ0v) is 17.3. The molecule has 0 aliphatic carbocycles. The van der Waals surface area contributed by atoms with Gasteiger partial charge in [0.05, 0.1) is 4.92 Å². The van der Waals surface area contributed by atoms with E-state index in [2.05, 4.69) is 17.1 Å². The van der Waals surface area contributed by atoms with Crippen LogP contribution in [0.3, 0.4) is 0 Å². The Kier molecular flexibility index (Phi) is 6.86. The van der Waals surface area contributed by atoms with Crippen LogP contribution in [0.25, 0.3) is 11.4 Å². The molecule has 29 heavy (non-hydrogen) atoms. The second-order valence-corrected chi connectivity index (χ2v) is 7.80. The third kappa shape index (κ3) is 4.94. The molecule has 0 saturated heterocycles. The Labute approximate surface area is 177 Å². The maximum atomic E-state index is 11.2. The lowest BCUT2D eigenvalue weighted by molar-refractivity contribution is -0.385. The molecular weight excluding hydrogens is 410 g/mol. The summed E-state index contributed by atoms with van der Waals surface area (Å²) in [5.41, 5.74) is 0.717. The summed E-state index contributed by atoms with van der Waals surface area (Å²) in [6, 6.07) is 13.8. The third-order valence-corrected chi connectivity index (χ3v) is 5.53. The summed E-state index contributed by atoms with van der Waals surface area (Å²) in [6.45, 7) is 2.87. The number of rotatable bonds is 8. The molecule has 0 atom stereocenters. The first-order valence-electron chi connectivity index (χ1n) is 9.09. The fourth-order valence-electron chi connectivity index (χ4n) is 2.82. The quantitative estimate of drug-likeness (QED) is 0.259. The molecule has 0 fully saturated rings. The van der Waals surface area contributed by atoms with E-state index in [0.717, 1.165) is 37.2 Å². The van der Waals surface area contributed by atoms with Crippen molar-refractivity contribution >= 4 is 29.1 Å². The second-order valence-electron chi connectivity index (χ2n) is 6.32. The third-order valence-electron chi connectivity index (χ3n) is 4.30. The number of benzene rings is 2. The summed E-state index contributed by atoms with van der Waals surface area (Å²) in [5.74, 6) is 0.725. The van der Waals surface area contributed by atoms with Crippen LogP contribution < -0.4 is 0 Å². The smallest absolute Gasteiger partial charge is 0.288 e. The zero-order valence-electron chi connectivity index (χ0n) is 15.7. The van der Waals surface area contributed by atoms with Crippen LogP contribution in [0.5, 0.6) is 0 Å². The summed E-state index contributed by atoms with van der Waals surface area (Å²) in [4.78, 5) is 11.3. The van der Waals surface area contributed by atoms with Gasteiger partial charge in [-0.1, -0.05) is 31.4 Å². The summed E-state index contributed by atoms with van der Waals surface area (Å²) < 4.78 is 2.02. The highest BCUT2D eigenvalue weighted by Gasteiger charge is 2.18. The number of hydrogen-bond acceptors (Lipinski definition) is 6. The van der Waals surface area contributed by atoms with Crippen LogP contribution in [0, 0.1) is 21.4 Å². The molecule has 0 radical (unpaired) electrons. The van der Waals surface area contributed by atoms with E-state index in [-0.39, 0.29) is 11.3 Å². The van der Waals surface area contributed by atoms with Crippen molar-refractivity contribution in [2.45, 2.75) is 42.8 Å². The Hall–Kier alpha value is -2.89. The highest BCUT2D eigenvalue weighted by molar-refractivity contribution is 7.99. The van der Waals surface area contributed by atoms with Gasteiger partial charge in [0.25, 0.3) is 5.69 Å². The van der Waals surface area contributed by atoms with Crippen molar-refractivity contribution in [3.05, 3.63) is 63.2 Å². The number of nitrogens with zero attached hydrogens (tertiary/aromatic N) is 5. The van der Waals surface area contributed by atoms with Crippen LogP contribution in [-0.4, -0.2) is 19.7 Å². The van der Waals surface area contributed by atoms with Gasteiger partial charge in [-0.3, -0.25) is 10.1 Å². The molecule has 0 N–H and O–H groups in total. The van der Waals surface area contributed by atoms with Crippen LogP contribution in [-0.2, 0) is 6.54 Å². The normalized spacial score (nSPS) is 10.7. The summed E-state index contributed by atoms with van der Waals surface area (Å²) >= 11 is 7.29. The van der Waals surface area contributed by atoms with Gasteiger partial charge in [0, 0.05) is 28.1 Å². The van der Waals surface area contributed by atoms with Gasteiger partial charge < -0.3 is 4.57 Å². The average Bonchev–Trinajstić information content (AvgIpc) is 3.11. The van der Waals surface area contributed by atoms with E-state index >= 15 is 0 Å². The lowest BCUT2D eigenvalue weighted by atomic mass is 10.2. The van der Waals surface area contributed by atoms with Crippen molar-refractivity contribution in [1.82, 2.24) is 14.8 Å². The molecule has 148 valence electrons. The lowest BCUT2D eigenvalue weighted by Gasteiger charge is -2.10. The molecule has 0 amide bonds. The Morgan fingerprint density at radius 3 is 2.62 bits per heavy atom. The Morgan fingerprint density at radius 2 is 1.97 bits per heavy atom. The van der Waals surface area contributed by atoms with Crippen molar-refractivity contribution in [2.24, 2.45) is 0 Å². The van der Waals surface area contributed by atoms with Crippen molar-refractivity contribution in [3.63, 3.8) is 0 Å². The van der Waals surface area contributed by atoms with Gasteiger partial charge in [-0.2, -0.15) is 5.26 Å². The summed E-state index contributed by atoms with van der Waals surface area (Å²) in [6.07, 6.45) is 3.13. The Bertz CT molecular complexity index is 1060. The minimum Gasteiger partial charge on any atom is -0.302 e. The average molecular weight is 428 g/mol. The van der Waals surface area contributed by atoms with Gasteiger partial charge in [-0.15, -0.1) is 10.2 Å². The number of hydrogen-bond donors (Lipinski definition) is 0. The molecule has 0 aliphatic heterocycles. The maximum Gasteiger partial charge on any atom is 0.288 e. The monoisotopic (exact) mass is 427 g/mol. The first-order valence-corrected chi connectivity index (χ1v) is 10.3. The minimum absolute atomic E-state index is 0.0330. The molecule has 0 aliphatic rings. The topological polar surface area (TPSA) is 97.6 Å². The first kappa shape index (κ1) is 20.8. The Morgan fingerprint density at radius 1 is 1.21 bits per heavy atom. The predicted octanol–water partition coefficient (Wildman–Crippen LogP) is 5.72. The number of aromatic nitrogens is 3. The fraction of sp³-hybridized carbons (Fsp3) is 0.250. The minimum atomic E-state index is -0.548. The molecule has 1 aromatic heterocycles. The number of nitro benzene ring substituents is 1. The van der Waals surface area contributed by atoms with E-state index in [0.29, 0.717) is 15.1 Å². The molecule has 0 bridgehead atoms. The van der Waals surface area contributed by atoms with Crippen LogP contribution in [0.15, 0.2) is 52.5 Å². The molecule has 3 aromatic rings. The number of nitriles is 1. The van der Waals surface area contributed by atoms with E-state index in [4.69, 9.17) is 16.9 Å². The van der Waals surface area contributed by atoms with E-state index in [9.17, 15) is 10.1 Å². The van der Waals surface area contributed by atoms with Crippen molar-refractivity contribution < 1.29 is 4.92 Å². The molecule has 3 rings (SSSR count). The van der Waals surface area contributed by atoms with Gasteiger partial charge >= 0.3 is 0 Å². The van der Waals surface area contributed by atoms with Gasteiger partial charge in [0.1, 0.15) is 11.6 Å². The van der Waals surface area contributed by atoms with E-state index in [1.807, 2.05) is 22.8 Å². The molecule has 9 heteroatoms. The predicted molar refractivity (Wildman–Crippen MR) is 112 cm³/mol. The van der Waals surface area contributed by atoms with Crippen LogP contribution >= 0.6 is 23.4 Å². The molecule has 0 spiro atoms. The van der Waals surface area contributed by atoms with Crippen molar-refractivity contribution in [2.75, 3.05) is 0 Å². The van der Waals surface area contributed by atoms with Crippen LogP contribution in [0.2, 0.25) is 5.02 Å². The number of nitro groups is 1. The molecule has 7 nitrogen and oxygen atoms in total. The number of unbranched alkanes of at least 4 members (excludes halogenated alkanes) is 2. The van der Waals surface area contributed by atoms with E-state index in [1.165, 1.54) is 23.9 Å². The first-order chi connectivity index (χ1) is 14.0. The summed E-state index contributed by atoms with van der Waals surface area (Å²) in [7, 11) is 0. The van der Waals surface area contributed by atoms with Crippen LogP contribution in [0.1, 0.15) is 31.7 Å². The SMILES string of the molecule is CCCCCn1c(Sc2ccc(C#N)c([N+](=O)[O-])c2)nnc1-c1ccc(Cl)cc1. The van der Waals surface area contributed by atoms with Gasteiger partial charge in [0.2, 0.25) is 0 Å². The van der Waals surface area contributed by atoms with Gasteiger partial charge in [-0.05, 0) is 54.6 Å². The fourth-order valence-corrected chi connectivity index (χ4v) is 3.84. The molecule has 0 unspecified atom stereocenters. The largest absolute Gasteiger partial charge is 0.302 e. The molecule has 1 heterocycles. The molecular formula is C20H18ClN5O2S. The Balaban J connectivity index is 1.96. The van der Waals surface area contributed by atoms with Gasteiger partial charge in [-0.25, -0.2) is 0 Å².